The van der Waals surface area contributed by atoms with Gasteiger partial charge in [0, 0.05) is 11.6 Å². The van der Waals surface area contributed by atoms with Gasteiger partial charge >= 0.3 is 0 Å². The molecule has 0 bridgehead atoms. The molecule has 0 saturated carbocycles. The summed E-state index contributed by atoms with van der Waals surface area (Å²) < 4.78 is 1.86. The standard InChI is InChI=1S/C20H17ClN2O/c1-15-9-10-19(18(21)12-15)22-20(24)14-23-11-5-8-17(13-23)16-6-3-2-4-7-16/h2-13H,14H2,1H3/p+1. The summed E-state index contributed by atoms with van der Waals surface area (Å²) in [6.45, 7) is 2.19. The quantitative estimate of drug-likeness (QED) is 0.710. The minimum absolute atomic E-state index is 0.115. The lowest BCUT2D eigenvalue weighted by Gasteiger charge is -2.06. The van der Waals surface area contributed by atoms with Crippen LogP contribution in [-0.4, -0.2) is 5.91 Å². The summed E-state index contributed by atoms with van der Waals surface area (Å²) in [5, 5.41) is 3.40. The zero-order valence-electron chi connectivity index (χ0n) is 13.4. The van der Waals surface area contributed by atoms with E-state index in [4.69, 9.17) is 11.6 Å². The average Bonchev–Trinajstić information content (AvgIpc) is 2.58. The maximum Gasteiger partial charge on any atom is 0.290 e. The van der Waals surface area contributed by atoms with Crippen LogP contribution in [0.1, 0.15) is 5.56 Å². The summed E-state index contributed by atoms with van der Waals surface area (Å²) in [4.78, 5) is 12.3. The third kappa shape index (κ3) is 4.00. The van der Waals surface area contributed by atoms with Gasteiger partial charge in [-0.1, -0.05) is 48.0 Å². The summed E-state index contributed by atoms with van der Waals surface area (Å²) in [6.07, 6.45) is 3.84. The van der Waals surface area contributed by atoms with Gasteiger partial charge in [-0.3, -0.25) is 4.79 Å². The fraction of sp³-hybridized carbons (Fsp3) is 0.100. The summed E-state index contributed by atoms with van der Waals surface area (Å²) in [5.74, 6) is -0.115. The Hall–Kier alpha value is -2.65. The van der Waals surface area contributed by atoms with Crippen LogP contribution < -0.4 is 9.88 Å². The van der Waals surface area contributed by atoms with Gasteiger partial charge in [0.15, 0.2) is 12.4 Å². The highest BCUT2D eigenvalue weighted by molar-refractivity contribution is 6.33. The van der Waals surface area contributed by atoms with Crippen molar-refractivity contribution in [1.29, 1.82) is 0 Å². The number of hydrogen-bond donors (Lipinski definition) is 1. The molecule has 2 aromatic carbocycles. The van der Waals surface area contributed by atoms with Crippen molar-refractivity contribution >= 4 is 23.2 Å². The molecule has 3 aromatic rings. The number of rotatable bonds is 4. The van der Waals surface area contributed by atoms with Gasteiger partial charge in [0.05, 0.1) is 10.7 Å². The number of carbonyl (C=O) groups excluding carboxylic acids is 1. The molecule has 120 valence electrons. The van der Waals surface area contributed by atoms with E-state index in [1.807, 2.05) is 84.5 Å². The van der Waals surface area contributed by atoms with Crippen molar-refractivity contribution in [2.45, 2.75) is 13.5 Å². The molecule has 4 heteroatoms. The lowest BCUT2D eigenvalue weighted by molar-refractivity contribution is -0.683. The number of hydrogen-bond acceptors (Lipinski definition) is 1. The predicted molar refractivity (Wildman–Crippen MR) is 96.9 cm³/mol. The number of aromatic nitrogens is 1. The molecule has 0 spiro atoms. The van der Waals surface area contributed by atoms with Crippen molar-refractivity contribution in [3.63, 3.8) is 0 Å². The fourth-order valence-corrected chi connectivity index (χ4v) is 2.78. The fourth-order valence-electron chi connectivity index (χ4n) is 2.50. The molecule has 3 nitrogen and oxygen atoms in total. The molecular formula is C20H18ClN2O+. The molecule has 1 N–H and O–H groups in total. The monoisotopic (exact) mass is 337 g/mol. The van der Waals surface area contributed by atoms with E-state index in [0.29, 0.717) is 10.7 Å². The largest absolute Gasteiger partial charge is 0.319 e. The summed E-state index contributed by atoms with van der Waals surface area (Å²) in [7, 11) is 0. The highest BCUT2D eigenvalue weighted by Crippen LogP contribution is 2.22. The maximum absolute atomic E-state index is 12.3. The van der Waals surface area contributed by atoms with Crippen LogP contribution in [0.3, 0.4) is 0 Å². The minimum Gasteiger partial charge on any atom is -0.319 e. The Kier molecular flexibility index (Phi) is 4.92. The molecule has 0 aliphatic carbocycles. The van der Waals surface area contributed by atoms with E-state index >= 15 is 0 Å². The van der Waals surface area contributed by atoms with Crippen LogP contribution in [-0.2, 0) is 11.3 Å². The number of anilines is 1. The van der Waals surface area contributed by atoms with Gasteiger partial charge in [-0.15, -0.1) is 0 Å². The highest BCUT2D eigenvalue weighted by Gasteiger charge is 2.12. The van der Waals surface area contributed by atoms with E-state index in [1.54, 1.807) is 0 Å². The van der Waals surface area contributed by atoms with Crippen molar-refractivity contribution in [2.24, 2.45) is 0 Å². The zero-order valence-corrected chi connectivity index (χ0v) is 14.1. The molecule has 0 aliphatic heterocycles. The van der Waals surface area contributed by atoms with Crippen LogP contribution >= 0.6 is 11.6 Å². The van der Waals surface area contributed by atoms with Crippen LogP contribution in [0.15, 0.2) is 73.1 Å². The van der Waals surface area contributed by atoms with E-state index in [-0.39, 0.29) is 12.5 Å². The second-order valence-corrected chi connectivity index (χ2v) is 6.07. The van der Waals surface area contributed by atoms with Gasteiger partial charge in [0.25, 0.3) is 5.91 Å². The van der Waals surface area contributed by atoms with E-state index in [9.17, 15) is 4.79 Å². The molecule has 1 aromatic heterocycles. The Morgan fingerprint density at radius 3 is 2.54 bits per heavy atom. The van der Waals surface area contributed by atoms with Crippen molar-refractivity contribution in [1.82, 2.24) is 0 Å². The Balaban J connectivity index is 1.73. The summed E-state index contributed by atoms with van der Waals surface area (Å²) in [5.41, 5.74) is 3.88. The zero-order chi connectivity index (χ0) is 16.9. The third-order valence-electron chi connectivity index (χ3n) is 3.69. The second kappa shape index (κ2) is 7.28. The van der Waals surface area contributed by atoms with Gasteiger partial charge in [-0.25, -0.2) is 0 Å². The third-order valence-corrected chi connectivity index (χ3v) is 4.00. The highest BCUT2D eigenvalue weighted by atomic mass is 35.5. The number of halogens is 1. The summed E-state index contributed by atoms with van der Waals surface area (Å²) in [6, 6.07) is 19.6. The minimum atomic E-state index is -0.115. The van der Waals surface area contributed by atoms with Crippen molar-refractivity contribution in [2.75, 3.05) is 5.32 Å². The lowest BCUT2D eigenvalue weighted by Crippen LogP contribution is -2.39. The molecule has 1 heterocycles. The van der Waals surface area contributed by atoms with Gasteiger partial charge in [-0.2, -0.15) is 4.57 Å². The molecule has 24 heavy (non-hydrogen) atoms. The van der Waals surface area contributed by atoms with E-state index in [2.05, 4.69) is 5.32 Å². The summed E-state index contributed by atoms with van der Waals surface area (Å²) >= 11 is 6.16. The molecule has 0 radical (unpaired) electrons. The van der Waals surface area contributed by atoms with Crippen LogP contribution in [0, 0.1) is 6.92 Å². The number of benzene rings is 2. The maximum atomic E-state index is 12.3. The number of amides is 1. The van der Waals surface area contributed by atoms with E-state index in [0.717, 1.165) is 16.7 Å². The molecule has 1 amide bonds. The van der Waals surface area contributed by atoms with Gasteiger partial charge in [0.2, 0.25) is 6.54 Å². The molecule has 0 saturated heterocycles. The molecule has 0 unspecified atom stereocenters. The second-order valence-electron chi connectivity index (χ2n) is 5.66. The van der Waals surface area contributed by atoms with E-state index in [1.165, 1.54) is 0 Å². The van der Waals surface area contributed by atoms with E-state index < -0.39 is 0 Å². The van der Waals surface area contributed by atoms with Gasteiger partial charge in [0.1, 0.15) is 0 Å². The first-order chi connectivity index (χ1) is 11.6. The van der Waals surface area contributed by atoms with Crippen LogP contribution in [0.5, 0.6) is 0 Å². The normalized spacial score (nSPS) is 10.4. The first-order valence-electron chi connectivity index (χ1n) is 7.72. The van der Waals surface area contributed by atoms with Gasteiger partial charge in [-0.05, 0) is 36.2 Å². The van der Waals surface area contributed by atoms with Gasteiger partial charge < -0.3 is 5.32 Å². The number of aryl methyl sites for hydroxylation is 1. The Morgan fingerprint density at radius 1 is 1.04 bits per heavy atom. The first kappa shape index (κ1) is 16.2. The lowest BCUT2D eigenvalue weighted by atomic mass is 10.1. The number of pyridine rings is 1. The number of nitrogens with zero attached hydrogens (tertiary/aromatic N) is 1. The Bertz CT molecular complexity index is 863. The van der Waals surface area contributed by atoms with Crippen molar-refractivity contribution < 1.29 is 9.36 Å². The first-order valence-corrected chi connectivity index (χ1v) is 8.10. The van der Waals surface area contributed by atoms with Crippen LogP contribution in [0.4, 0.5) is 5.69 Å². The van der Waals surface area contributed by atoms with Crippen LogP contribution in [0.2, 0.25) is 5.02 Å². The molecule has 0 aliphatic rings. The van der Waals surface area contributed by atoms with Crippen molar-refractivity contribution in [3.8, 4) is 11.1 Å². The number of carbonyl (C=O) groups is 1. The Morgan fingerprint density at radius 2 is 1.79 bits per heavy atom. The topological polar surface area (TPSA) is 33.0 Å². The molecule has 3 rings (SSSR count). The Labute approximate surface area is 146 Å². The van der Waals surface area contributed by atoms with Crippen molar-refractivity contribution in [3.05, 3.63) is 83.6 Å². The SMILES string of the molecule is Cc1ccc(NC(=O)C[n+]2cccc(-c3ccccc3)c2)c(Cl)c1. The number of nitrogens with one attached hydrogen (secondary N) is 1. The molecular weight excluding hydrogens is 320 g/mol. The van der Waals surface area contributed by atoms with Crippen LogP contribution in [0.25, 0.3) is 11.1 Å². The predicted octanol–water partition coefficient (Wildman–Crippen LogP) is 4.24. The molecule has 0 fully saturated rings. The smallest absolute Gasteiger partial charge is 0.290 e. The average molecular weight is 338 g/mol. The molecule has 0 atom stereocenters.